The van der Waals surface area contributed by atoms with Crippen molar-refractivity contribution < 1.29 is 0 Å². The normalized spacial score (nSPS) is 21.5. The van der Waals surface area contributed by atoms with Crippen molar-refractivity contribution in [3.8, 4) is 0 Å². The van der Waals surface area contributed by atoms with Crippen molar-refractivity contribution in [1.82, 2.24) is 9.97 Å². The Bertz CT molecular complexity index is 414. The van der Waals surface area contributed by atoms with E-state index in [1.54, 1.807) is 6.33 Å². The summed E-state index contributed by atoms with van der Waals surface area (Å²) in [5, 5.41) is 0.349. The molecule has 1 aliphatic carbocycles. The quantitative estimate of drug-likeness (QED) is 0.577. The van der Waals surface area contributed by atoms with E-state index in [2.05, 4.69) is 14.9 Å². The third-order valence-electron chi connectivity index (χ3n) is 4.08. The van der Waals surface area contributed by atoms with Crippen molar-refractivity contribution in [2.24, 2.45) is 0 Å². The van der Waals surface area contributed by atoms with Crippen LogP contribution in [0.25, 0.3) is 0 Å². The van der Waals surface area contributed by atoms with Gasteiger partial charge in [0.25, 0.3) is 0 Å². The van der Waals surface area contributed by atoms with Crippen LogP contribution in [0.2, 0.25) is 0 Å². The fraction of sp³-hybridized carbons (Fsp3) is 0.714. The number of fused-ring (bicyclic) bond motifs is 1. The number of rotatable bonds is 1. The van der Waals surface area contributed by atoms with Crippen molar-refractivity contribution in [3.63, 3.8) is 0 Å². The molecule has 98 valence electrons. The maximum atomic E-state index is 6.18. The molecule has 0 amide bonds. The number of halogens is 1. The van der Waals surface area contributed by atoms with Gasteiger partial charge >= 0.3 is 0 Å². The Balaban J connectivity index is 1.87. The third kappa shape index (κ3) is 2.46. The fourth-order valence-electron chi connectivity index (χ4n) is 3.01. The van der Waals surface area contributed by atoms with Crippen molar-refractivity contribution >= 4 is 17.4 Å². The number of nitrogens with zero attached hydrogens (tertiary/aromatic N) is 3. The third-order valence-corrected chi connectivity index (χ3v) is 4.51. The topological polar surface area (TPSA) is 29.0 Å². The van der Waals surface area contributed by atoms with Gasteiger partial charge in [-0.05, 0) is 38.5 Å². The van der Waals surface area contributed by atoms with E-state index in [1.165, 1.54) is 36.3 Å². The summed E-state index contributed by atoms with van der Waals surface area (Å²) in [5.41, 5.74) is 2.69. The van der Waals surface area contributed by atoms with E-state index < -0.39 is 0 Å². The summed E-state index contributed by atoms with van der Waals surface area (Å²) in [6.07, 6.45) is 10.0. The van der Waals surface area contributed by atoms with E-state index in [0.29, 0.717) is 5.38 Å². The standard InChI is InChI=1S/C14H20ClN3/c15-11-6-8-18(9-7-11)14-12-4-2-1-3-5-13(12)16-10-17-14/h10-11H,1-9H2. The summed E-state index contributed by atoms with van der Waals surface area (Å²) in [5.74, 6) is 1.19. The van der Waals surface area contributed by atoms with E-state index in [1.807, 2.05) is 0 Å². The van der Waals surface area contributed by atoms with Gasteiger partial charge in [-0.15, -0.1) is 11.6 Å². The molecular weight excluding hydrogens is 246 g/mol. The molecule has 3 nitrogen and oxygen atoms in total. The van der Waals surface area contributed by atoms with Crippen LogP contribution in [0.4, 0.5) is 5.82 Å². The van der Waals surface area contributed by atoms with Crippen LogP contribution in [-0.2, 0) is 12.8 Å². The molecule has 18 heavy (non-hydrogen) atoms. The highest BCUT2D eigenvalue weighted by Crippen LogP contribution is 2.29. The van der Waals surface area contributed by atoms with Crippen molar-refractivity contribution in [2.45, 2.75) is 50.3 Å². The zero-order valence-electron chi connectivity index (χ0n) is 10.7. The molecule has 1 aromatic heterocycles. The summed E-state index contributed by atoms with van der Waals surface area (Å²) in [6.45, 7) is 2.08. The Morgan fingerprint density at radius 3 is 2.67 bits per heavy atom. The van der Waals surface area contributed by atoms with Gasteiger partial charge in [0, 0.05) is 29.7 Å². The van der Waals surface area contributed by atoms with Gasteiger partial charge in [0.15, 0.2) is 0 Å². The van der Waals surface area contributed by atoms with E-state index in [9.17, 15) is 0 Å². The molecule has 0 radical (unpaired) electrons. The van der Waals surface area contributed by atoms with Crippen molar-refractivity contribution in [1.29, 1.82) is 0 Å². The van der Waals surface area contributed by atoms with Gasteiger partial charge in [-0.1, -0.05) is 6.42 Å². The van der Waals surface area contributed by atoms with Crippen LogP contribution < -0.4 is 4.90 Å². The number of aromatic nitrogens is 2. The van der Waals surface area contributed by atoms with Crippen LogP contribution in [0.5, 0.6) is 0 Å². The minimum absolute atomic E-state index is 0.349. The van der Waals surface area contributed by atoms with E-state index >= 15 is 0 Å². The van der Waals surface area contributed by atoms with E-state index in [0.717, 1.165) is 38.8 Å². The molecule has 2 heterocycles. The zero-order valence-corrected chi connectivity index (χ0v) is 11.5. The molecular formula is C14H20ClN3. The molecule has 0 unspecified atom stereocenters. The lowest BCUT2D eigenvalue weighted by Gasteiger charge is -2.31. The lowest BCUT2D eigenvalue weighted by atomic mass is 10.1. The van der Waals surface area contributed by atoms with E-state index in [-0.39, 0.29) is 0 Å². The number of hydrogen-bond acceptors (Lipinski definition) is 3. The van der Waals surface area contributed by atoms with Crippen LogP contribution in [-0.4, -0.2) is 28.4 Å². The summed E-state index contributed by atoms with van der Waals surface area (Å²) < 4.78 is 0. The fourth-order valence-corrected chi connectivity index (χ4v) is 3.21. The van der Waals surface area contributed by atoms with Gasteiger partial charge in [-0.2, -0.15) is 0 Å². The van der Waals surface area contributed by atoms with Crippen LogP contribution in [0, 0.1) is 0 Å². The molecule has 1 saturated heterocycles. The first kappa shape index (κ1) is 12.2. The molecule has 0 N–H and O–H groups in total. The monoisotopic (exact) mass is 265 g/mol. The van der Waals surface area contributed by atoms with Crippen LogP contribution in [0.1, 0.15) is 43.4 Å². The molecule has 0 saturated carbocycles. The summed E-state index contributed by atoms with van der Waals surface area (Å²) in [7, 11) is 0. The molecule has 1 fully saturated rings. The summed E-state index contributed by atoms with van der Waals surface area (Å²) >= 11 is 6.18. The Morgan fingerprint density at radius 1 is 1.06 bits per heavy atom. The minimum atomic E-state index is 0.349. The highest BCUT2D eigenvalue weighted by atomic mass is 35.5. The minimum Gasteiger partial charge on any atom is -0.356 e. The molecule has 3 rings (SSSR count). The predicted molar refractivity (Wildman–Crippen MR) is 74.4 cm³/mol. The molecule has 0 bridgehead atoms. The Kier molecular flexibility index (Phi) is 3.69. The number of piperidine rings is 1. The molecule has 0 spiro atoms. The second-order valence-electron chi connectivity index (χ2n) is 5.34. The second kappa shape index (κ2) is 5.43. The molecule has 0 atom stereocenters. The second-order valence-corrected chi connectivity index (χ2v) is 5.96. The number of hydrogen-bond donors (Lipinski definition) is 0. The maximum Gasteiger partial charge on any atom is 0.135 e. The maximum absolute atomic E-state index is 6.18. The molecule has 4 heteroatoms. The Labute approximate surface area is 114 Å². The average molecular weight is 266 g/mol. The van der Waals surface area contributed by atoms with Gasteiger partial charge in [0.2, 0.25) is 0 Å². The highest BCUT2D eigenvalue weighted by Gasteiger charge is 2.22. The summed E-state index contributed by atoms with van der Waals surface area (Å²) in [4.78, 5) is 11.4. The van der Waals surface area contributed by atoms with Gasteiger partial charge in [-0.25, -0.2) is 9.97 Å². The molecule has 1 aromatic rings. The Morgan fingerprint density at radius 2 is 1.83 bits per heavy atom. The lowest BCUT2D eigenvalue weighted by Crippen LogP contribution is -2.35. The predicted octanol–water partition coefficient (Wildman–Crippen LogP) is 2.95. The molecule has 2 aliphatic rings. The smallest absolute Gasteiger partial charge is 0.135 e. The first-order chi connectivity index (χ1) is 8.84. The van der Waals surface area contributed by atoms with Gasteiger partial charge < -0.3 is 4.90 Å². The van der Waals surface area contributed by atoms with Crippen molar-refractivity contribution in [2.75, 3.05) is 18.0 Å². The largest absolute Gasteiger partial charge is 0.356 e. The van der Waals surface area contributed by atoms with Gasteiger partial charge in [0.1, 0.15) is 12.1 Å². The number of alkyl halides is 1. The van der Waals surface area contributed by atoms with Crippen LogP contribution >= 0.6 is 11.6 Å². The first-order valence-corrected chi connectivity index (χ1v) is 7.50. The zero-order chi connectivity index (χ0) is 12.4. The summed E-state index contributed by atoms with van der Waals surface area (Å²) in [6, 6.07) is 0. The van der Waals surface area contributed by atoms with Crippen LogP contribution in [0.3, 0.4) is 0 Å². The Hall–Kier alpha value is -0.830. The lowest BCUT2D eigenvalue weighted by molar-refractivity contribution is 0.577. The average Bonchev–Trinajstić information content (AvgIpc) is 2.64. The number of anilines is 1. The first-order valence-electron chi connectivity index (χ1n) is 7.06. The SMILES string of the molecule is ClC1CCN(c2ncnc3c2CCCCC3)CC1. The highest BCUT2D eigenvalue weighted by molar-refractivity contribution is 6.20. The van der Waals surface area contributed by atoms with Crippen LogP contribution in [0.15, 0.2) is 6.33 Å². The number of aryl methyl sites for hydroxylation is 1. The van der Waals surface area contributed by atoms with Crippen molar-refractivity contribution in [3.05, 3.63) is 17.6 Å². The molecule has 0 aromatic carbocycles. The molecule has 1 aliphatic heterocycles. The van der Waals surface area contributed by atoms with Gasteiger partial charge in [0.05, 0.1) is 0 Å². The van der Waals surface area contributed by atoms with Gasteiger partial charge in [-0.3, -0.25) is 0 Å². The van der Waals surface area contributed by atoms with E-state index in [4.69, 9.17) is 11.6 Å².